The molecule has 8 heteroatoms. The minimum Gasteiger partial charge on any atom is -0.481 e. The van der Waals surface area contributed by atoms with Gasteiger partial charge in [-0.3, -0.25) is 9.69 Å². The maximum Gasteiger partial charge on any atom is 0.307 e. The van der Waals surface area contributed by atoms with Crippen molar-refractivity contribution >= 4 is 46.8 Å². The molecule has 3 rings (SSSR count). The number of aryl methyl sites for hydroxylation is 2. The molecule has 0 aliphatic carbocycles. The Morgan fingerprint density at radius 2 is 1.89 bits per heavy atom. The number of thiophene rings is 2. The van der Waals surface area contributed by atoms with E-state index in [1.165, 1.54) is 11.1 Å². The van der Waals surface area contributed by atoms with Gasteiger partial charge >= 0.3 is 5.97 Å². The van der Waals surface area contributed by atoms with E-state index in [1.54, 1.807) is 22.7 Å². The minimum absolute atomic E-state index is 0. The molecule has 1 N–H and O–H groups in total. The number of carboxylic acid groups (broad SMARTS) is 1. The molecular weight excluding hydrogens is 404 g/mol. The first-order chi connectivity index (χ1) is 12.6. The largest absolute Gasteiger partial charge is 0.481 e. The second kappa shape index (κ2) is 10.2. The Labute approximate surface area is 174 Å². The van der Waals surface area contributed by atoms with Gasteiger partial charge in [0.1, 0.15) is 12.3 Å². The van der Waals surface area contributed by atoms with Gasteiger partial charge < -0.3 is 9.94 Å². The Hall–Kier alpha value is -1.41. The highest BCUT2D eigenvalue weighted by Gasteiger charge is 2.25. The summed E-state index contributed by atoms with van der Waals surface area (Å²) in [6.07, 6.45) is 1.69. The Bertz CT molecular complexity index is 745. The maximum atomic E-state index is 11.2. The fraction of sp³-hybridized carbons (Fsp3) is 0.474. The Kier molecular flexibility index (Phi) is 8.28. The van der Waals surface area contributed by atoms with Crippen LogP contribution < -0.4 is 0 Å². The molecule has 1 aliphatic heterocycles. The van der Waals surface area contributed by atoms with Crippen LogP contribution in [0.5, 0.6) is 0 Å². The first-order valence-electron chi connectivity index (χ1n) is 8.80. The molecule has 2 aromatic heterocycles. The van der Waals surface area contributed by atoms with Crippen LogP contribution in [0.4, 0.5) is 0 Å². The number of halogens is 1. The first kappa shape index (κ1) is 21.9. The second-order valence-electron chi connectivity index (χ2n) is 6.62. The molecule has 0 bridgehead atoms. The Morgan fingerprint density at radius 1 is 1.26 bits per heavy atom. The lowest BCUT2D eigenvalue weighted by atomic mass is 9.98. The SMILES string of the molecule is Cc1ccsc1C(=NOCCN1CCCC(C(=O)O)C1)c1sccc1C.Cl. The van der Waals surface area contributed by atoms with Gasteiger partial charge in [-0.2, -0.15) is 0 Å². The van der Waals surface area contributed by atoms with Gasteiger partial charge in [-0.15, -0.1) is 35.1 Å². The van der Waals surface area contributed by atoms with Crippen LogP contribution in [0.1, 0.15) is 33.7 Å². The summed E-state index contributed by atoms with van der Waals surface area (Å²) in [6, 6.07) is 4.19. The zero-order chi connectivity index (χ0) is 18.5. The monoisotopic (exact) mass is 428 g/mol. The lowest BCUT2D eigenvalue weighted by Gasteiger charge is -2.29. The van der Waals surface area contributed by atoms with Crippen molar-refractivity contribution in [1.29, 1.82) is 0 Å². The van der Waals surface area contributed by atoms with Gasteiger partial charge in [-0.25, -0.2) is 0 Å². The fourth-order valence-corrected chi connectivity index (χ4v) is 5.05. The maximum absolute atomic E-state index is 11.2. The summed E-state index contributed by atoms with van der Waals surface area (Å²) < 4.78 is 0. The number of carboxylic acids is 1. The summed E-state index contributed by atoms with van der Waals surface area (Å²) in [5.74, 6) is -0.956. The number of hydrogen-bond acceptors (Lipinski definition) is 6. The molecule has 1 atom stereocenters. The summed E-state index contributed by atoms with van der Waals surface area (Å²) in [5, 5.41) is 17.8. The number of piperidine rings is 1. The predicted molar refractivity (Wildman–Crippen MR) is 114 cm³/mol. The van der Waals surface area contributed by atoms with E-state index in [2.05, 4.69) is 46.8 Å². The van der Waals surface area contributed by atoms with Crippen LogP contribution in [-0.2, 0) is 9.63 Å². The van der Waals surface area contributed by atoms with Gasteiger partial charge in [0.2, 0.25) is 0 Å². The molecule has 148 valence electrons. The molecule has 0 aromatic carbocycles. The van der Waals surface area contributed by atoms with Gasteiger partial charge in [-0.05, 0) is 67.3 Å². The molecule has 1 aliphatic rings. The molecule has 3 heterocycles. The van der Waals surface area contributed by atoms with Crippen molar-refractivity contribution in [3.63, 3.8) is 0 Å². The van der Waals surface area contributed by atoms with Crippen LogP contribution in [0.15, 0.2) is 28.0 Å². The van der Waals surface area contributed by atoms with Crippen molar-refractivity contribution in [3.8, 4) is 0 Å². The van der Waals surface area contributed by atoms with Crippen molar-refractivity contribution in [2.75, 3.05) is 26.2 Å². The summed E-state index contributed by atoms with van der Waals surface area (Å²) in [4.78, 5) is 21.3. The second-order valence-corrected chi connectivity index (χ2v) is 8.45. The molecular formula is C19H25ClN2O3S2. The minimum atomic E-state index is -0.697. The van der Waals surface area contributed by atoms with Crippen LogP contribution >= 0.6 is 35.1 Å². The van der Waals surface area contributed by atoms with E-state index < -0.39 is 5.97 Å². The molecule has 2 aromatic rings. The van der Waals surface area contributed by atoms with Crippen molar-refractivity contribution in [2.45, 2.75) is 26.7 Å². The Balaban J connectivity index is 0.00000261. The van der Waals surface area contributed by atoms with Crippen molar-refractivity contribution in [2.24, 2.45) is 11.1 Å². The van der Waals surface area contributed by atoms with E-state index in [0.717, 1.165) is 34.9 Å². The molecule has 1 unspecified atom stereocenters. The third kappa shape index (κ3) is 5.54. The molecule has 1 fully saturated rings. The number of likely N-dealkylation sites (tertiary alicyclic amines) is 1. The number of hydrogen-bond donors (Lipinski definition) is 1. The highest BCUT2D eigenvalue weighted by molar-refractivity contribution is 7.16. The molecule has 0 saturated carbocycles. The molecule has 27 heavy (non-hydrogen) atoms. The molecule has 5 nitrogen and oxygen atoms in total. The third-order valence-corrected chi connectivity index (χ3v) is 6.71. The summed E-state index contributed by atoms with van der Waals surface area (Å²) in [5.41, 5.74) is 3.29. The number of oxime groups is 1. The first-order valence-corrected chi connectivity index (χ1v) is 10.6. The van der Waals surface area contributed by atoms with Crippen LogP contribution in [0.3, 0.4) is 0 Å². The van der Waals surface area contributed by atoms with Crippen LogP contribution in [0.2, 0.25) is 0 Å². The normalized spacial score (nSPS) is 17.2. The van der Waals surface area contributed by atoms with E-state index in [9.17, 15) is 9.90 Å². The van der Waals surface area contributed by atoms with E-state index in [1.807, 2.05) is 0 Å². The van der Waals surface area contributed by atoms with Crippen molar-refractivity contribution in [1.82, 2.24) is 4.90 Å². The smallest absolute Gasteiger partial charge is 0.307 e. The van der Waals surface area contributed by atoms with E-state index >= 15 is 0 Å². The Morgan fingerprint density at radius 3 is 2.41 bits per heavy atom. The van der Waals surface area contributed by atoms with Crippen LogP contribution in [0, 0.1) is 19.8 Å². The highest BCUT2D eigenvalue weighted by atomic mass is 35.5. The predicted octanol–water partition coefficient (Wildman–Crippen LogP) is 4.41. The fourth-order valence-electron chi connectivity index (χ4n) is 3.16. The molecule has 0 amide bonds. The van der Waals surface area contributed by atoms with Crippen molar-refractivity contribution in [3.05, 3.63) is 43.8 Å². The van der Waals surface area contributed by atoms with Gasteiger partial charge in [0.15, 0.2) is 0 Å². The zero-order valence-electron chi connectivity index (χ0n) is 15.5. The lowest BCUT2D eigenvalue weighted by Crippen LogP contribution is -2.40. The highest BCUT2D eigenvalue weighted by Crippen LogP contribution is 2.26. The number of nitrogens with zero attached hydrogens (tertiary/aromatic N) is 2. The van der Waals surface area contributed by atoms with Gasteiger partial charge in [0.25, 0.3) is 0 Å². The average molecular weight is 429 g/mol. The topological polar surface area (TPSA) is 62.1 Å². The molecule has 0 spiro atoms. The van der Waals surface area contributed by atoms with Gasteiger partial charge in [0.05, 0.1) is 15.7 Å². The zero-order valence-corrected chi connectivity index (χ0v) is 18.0. The number of aliphatic carboxylic acids is 1. The van der Waals surface area contributed by atoms with E-state index in [4.69, 9.17) is 4.84 Å². The average Bonchev–Trinajstić information content (AvgIpc) is 3.24. The summed E-state index contributed by atoms with van der Waals surface area (Å²) in [6.45, 7) is 6.87. The molecule has 1 saturated heterocycles. The number of carbonyl (C=O) groups is 1. The summed E-state index contributed by atoms with van der Waals surface area (Å²) in [7, 11) is 0. The quantitative estimate of drug-likeness (QED) is 0.403. The molecule has 0 radical (unpaired) electrons. The third-order valence-electron chi connectivity index (χ3n) is 4.66. The van der Waals surface area contributed by atoms with Crippen molar-refractivity contribution < 1.29 is 14.7 Å². The van der Waals surface area contributed by atoms with Crippen LogP contribution in [-0.4, -0.2) is 47.9 Å². The van der Waals surface area contributed by atoms with Crippen LogP contribution in [0.25, 0.3) is 0 Å². The van der Waals surface area contributed by atoms with E-state index in [-0.39, 0.29) is 18.3 Å². The standard InChI is InChI=1S/C19H24N2O3S2.ClH/c1-13-5-10-25-17(13)16(18-14(2)6-11-26-18)20-24-9-8-21-7-3-4-15(12-21)19(22)23;/h5-6,10-11,15H,3-4,7-9,12H2,1-2H3,(H,22,23);1H. The van der Waals surface area contributed by atoms with Gasteiger partial charge in [-0.1, -0.05) is 5.16 Å². The summed E-state index contributed by atoms with van der Waals surface area (Å²) >= 11 is 3.35. The lowest BCUT2D eigenvalue weighted by molar-refractivity contribution is -0.143. The van der Waals surface area contributed by atoms with Gasteiger partial charge in [0, 0.05) is 13.1 Å². The van der Waals surface area contributed by atoms with E-state index in [0.29, 0.717) is 19.7 Å². The number of rotatable bonds is 7.